The smallest absolute Gasteiger partial charge is 0.0615 e. The van der Waals surface area contributed by atoms with E-state index in [1.54, 1.807) is 7.11 Å². The van der Waals surface area contributed by atoms with Crippen LogP contribution in [0.5, 0.6) is 0 Å². The van der Waals surface area contributed by atoms with Crippen LogP contribution < -0.4 is 5.73 Å². The maximum atomic E-state index is 5.95. The highest BCUT2D eigenvalue weighted by atomic mass is 32.1. The van der Waals surface area contributed by atoms with Crippen molar-refractivity contribution >= 4 is 11.3 Å². The van der Waals surface area contributed by atoms with Gasteiger partial charge in [-0.05, 0) is 32.5 Å². The lowest BCUT2D eigenvalue weighted by Crippen LogP contribution is -2.41. The third-order valence-electron chi connectivity index (χ3n) is 3.05. The first-order valence-corrected chi connectivity index (χ1v) is 6.96. The molecular formula is C13H24N2OS. The van der Waals surface area contributed by atoms with Crippen molar-refractivity contribution in [1.82, 2.24) is 4.90 Å². The molecule has 98 valence electrons. The minimum absolute atomic E-state index is 0.309. The summed E-state index contributed by atoms with van der Waals surface area (Å²) in [5, 5.41) is 0. The summed E-state index contributed by atoms with van der Waals surface area (Å²) in [6, 6.07) is 5.06. The Labute approximate surface area is 109 Å². The second kappa shape index (κ2) is 7.11. The predicted octanol–water partition coefficient (Wildman–Crippen LogP) is 2.41. The number of nitrogens with two attached hydrogens (primary N) is 1. The summed E-state index contributed by atoms with van der Waals surface area (Å²) in [6.07, 6.45) is 0. The first-order valence-electron chi connectivity index (χ1n) is 6.15. The molecule has 0 aliphatic rings. The lowest BCUT2D eigenvalue weighted by atomic mass is 10.1. The molecule has 2 unspecified atom stereocenters. The zero-order valence-electron chi connectivity index (χ0n) is 11.3. The van der Waals surface area contributed by atoms with Crippen LogP contribution in [0, 0.1) is 6.92 Å². The van der Waals surface area contributed by atoms with E-state index in [9.17, 15) is 0 Å². The molecule has 0 saturated heterocycles. The highest BCUT2D eigenvalue weighted by molar-refractivity contribution is 7.12. The van der Waals surface area contributed by atoms with Crippen LogP contribution in [0.3, 0.4) is 0 Å². The van der Waals surface area contributed by atoms with Crippen molar-refractivity contribution in [2.24, 2.45) is 5.73 Å². The van der Waals surface area contributed by atoms with Gasteiger partial charge in [-0.3, -0.25) is 4.90 Å². The minimum atomic E-state index is 0.309. The first kappa shape index (κ1) is 14.6. The molecule has 2 N–H and O–H groups in total. The zero-order chi connectivity index (χ0) is 12.8. The maximum Gasteiger partial charge on any atom is 0.0615 e. The second-order valence-corrected chi connectivity index (χ2v) is 5.65. The van der Waals surface area contributed by atoms with Crippen molar-refractivity contribution in [3.63, 3.8) is 0 Å². The van der Waals surface area contributed by atoms with Crippen molar-refractivity contribution in [3.05, 3.63) is 21.9 Å². The Bertz CT molecular complexity index is 327. The van der Waals surface area contributed by atoms with E-state index in [0.717, 1.165) is 13.2 Å². The largest absolute Gasteiger partial charge is 0.383 e. The van der Waals surface area contributed by atoms with Crippen LogP contribution in [0.4, 0.5) is 0 Å². The van der Waals surface area contributed by atoms with Crippen LogP contribution in [0.2, 0.25) is 0 Å². The summed E-state index contributed by atoms with van der Waals surface area (Å²) in [4.78, 5) is 5.11. The Hall–Kier alpha value is -0.420. The molecule has 1 heterocycles. The predicted molar refractivity (Wildman–Crippen MR) is 74.6 cm³/mol. The number of rotatable bonds is 7. The topological polar surface area (TPSA) is 38.5 Å². The highest BCUT2D eigenvalue weighted by Crippen LogP contribution is 2.28. The Kier molecular flexibility index (Phi) is 6.12. The van der Waals surface area contributed by atoms with Gasteiger partial charge in [0, 0.05) is 29.5 Å². The van der Waals surface area contributed by atoms with Gasteiger partial charge in [0.2, 0.25) is 0 Å². The van der Waals surface area contributed by atoms with Gasteiger partial charge in [0.1, 0.15) is 0 Å². The molecule has 0 saturated carbocycles. The zero-order valence-corrected chi connectivity index (χ0v) is 12.1. The van der Waals surface area contributed by atoms with Crippen molar-refractivity contribution < 1.29 is 4.74 Å². The van der Waals surface area contributed by atoms with Gasteiger partial charge in [-0.1, -0.05) is 6.92 Å². The molecule has 0 aliphatic heterocycles. The highest BCUT2D eigenvalue weighted by Gasteiger charge is 2.23. The molecule has 17 heavy (non-hydrogen) atoms. The van der Waals surface area contributed by atoms with Crippen LogP contribution in [-0.4, -0.2) is 37.7 Å². The SMILES string of the molecule is CCN(C(C)COC)C(CN)c1ccc(C)s1. The Morgan fingerprint density at radius 3 is 2.59 bits per heavy atom. The summed E-state index contributed by atoms with van der Waals surface area (Å²) < 4.78 is 5.24. The lowest BCUT2D eigenvalue weighted by molar-refractivity contribution is 0.0762. The standard InChI is InChI=1S/C13H24N2OS/c1-5-15(10(2)9-16-4)12(8-14)13-7-6-11(3)17-13/h6-7,10,12H,5,8-9,14H2,1-4H3. The molecule has 0 aliphatic carbocycles. The van der Waals surface area contributed by atoms with Crippen LogP contribution >= 0.6 is 11.3 Å². The van der Waals surface area contributed by atoms with Gasteiger partial charge in [0.05, 0.1) is 12.6 Å². The summed E-state index contributed by atoms with van der Waals surface area (Å²) in [6.45, 7) is 8.89. The molecular weight excluding hydrogens is 232 g/mol. The Balaban J connectivity index is 2.83. The van der Waals surface area contributed by atoms with Gasteiger partial charge in [-0.15, -0.1) is 11.3 Å². The number of hydrogen-bond acceptors (Lipinski definition) is 4. The van der Waals surface area contributed by atoms with E-state index in [2.05, 4.69) is 37.8 Å². The number of nitrogens with zero attached hydrogens (tertiary/aromatic N) is 1. The average Bonchev–Trinajstić information content (AvgIpc) is 2.72. The molecule has 0 aromatic carbocycles. The van der Waals surface area contributed by atoms with Crippen LogP contribution in [0.25, 0.3) is 0 Å². The molecule has 4 heteroatoms. The van der Waals surface area contributed by atoms with Gasteiger partial charge in [-0.2, -0.15) is 0 Å². The maximum absolute atomic E-state index is 5.95. The van der Waals surface area contributed by atoms with Crippen molar-refractivity contribution in [3.8, 4) is 0 Å². The van der Waals surface area contributed by atoms with E-state index in [0.29, 0.717) is 18.6 Å². The molecule has 1 aromatic heterocycles. The Morgan fingerprint density at radius 1 is 1.47 bits per heavy atom. The summed E-state index contributed by atoms with van der Waals surface area (Å²) >= 11 is 1.84. The summed E-state index contributed by atoms with van der Waals surface area (Å²) in [7, 11) is 1.75. The molecule has 3 nitrogen and oxygen atoms in total. The summed E-state index contributed by atoms with van der Waals surface area (Å²) in [5.41, 5.74) is 5.95. The van der Waals surface area contributed by atoms with E-state index >= 15 is 0 Å². The third kappa shape index (κ3) is 3.78. The quantitative estimate of drug-likeness (QED) is 0.814. The second-order valence-electron chi connectivity index (χ2n) is 4.33. The van der Waals surface area contributed by atoms with Gasteiger partial charge < -0.3 is 10.5 Å². The van der Waals surface area contributed by atoms with Crippen LogP contribution in [-0.2, 0) is 4.74 Å². The number of methoxy groups -OCH3 is 1. The van der Waals surface area contributed by atoms with Gasteiger partial charge in [0.15, 0.2) is 0 Å². The third-order valence-corrected chi connectivity index (χ3v) is 4.15. The number of ether oxygens (including phenoxy) is 1. The number of likely N-dealkylation sites (N-methyl/N-ethyl adjacent to an activating group) is 1. The van der Waals surface area contributed by atoms with Gasteiger partial charge in [0.25, 0.3) is 0 Å². The van der Waals surface area contributed by atoms with E-state index in [1.807, 2.05) is 11.3 Å². The fourth-order valence-corrected chi connectivity index (χ4v) is 3.24. The monoisotopic (exact) mass is 256 g/mol. The van der Waals surface area contributed by atoms with Gasteiger partial charge >= 0.3 is 0 Å². The summed E-state index contributed by atoms with van der Waals surface area (Å²) in [5.74, 6) is 0. The van der Waals surface area contributed by atoms with E-state index in [-0.39, 0.29) is 0 Å². The molecule has 0 radical (unpaired) electrons. The Morgan fingerprint density at radius 2 is 2.18 bits per heavy atom. The fourth-order valence-electron chi connectivity index (χ4n) is 2.22. The molecule has 0 amide bonds. The van der Waals surface area contributed by atoms with E-state index in [1.165, 1.54) is 9.75 Å². The fraction of sp³-hybridized carbons (Fsp3) is 0.692. The number of hydrogen-bond donors (Lipinski definition) is 1. The minimum Gasteiger partial charge on any atom is -0.383 e. The molecule has 0 fully saturated rings. The van der Waals surface area contributed by atoms with E-state index in [4.69, 9.17) is 10.5 Å². The first-order chi connectivity index (χ1) is 8.13. The normalized spacial score (nSPS) is 15.2. The van der Waals surface area contributed by atoms with Crippen LogP contribution in [0.1, 0.15) is 29.6 Å². The van der Waals surface area contributed by atoms with Gasteiger partial charge in [-0.25, -0.2) is 0 Å². The average molecular weight is 256 g/mol. The molecule has 1 rings (SSSR count). The number of aryl methyl sites for hydroxylation is 1. The van der Waals surface area contributed by atoms with E-state index < -0.39 is 0 Å². The molecule has 1 aromatic rings. The van der Waals surface area contributed by atoms with Crippen LogP contribution in [0.15, 0.2) is 12.1 Å². The number of thiophene rings is 1. The van der Waals surface area contributed by atoms with Crippen molar-refractivity contribution in [2.45, 2.75) is 32.9 Å². The van der Waals surface area contributed by atoms with Crippen molar-refractivity contribution in [1.29, 1.82) is 0 Å². The molecule has 0 bridgehead atoms. The van der Waals surface area contributed by atoms with Crippen molar-refractivity contribution in [2.75, 3.05) is 26.8 Å². The molecule has 2 atom stereocenters. The molecule has 0 spiro atoms. The lowest BCUT2D eigenvalue weighted by Gasteiger charge is -2.34.